The van der Waals surface area contributed by atoms with Gasteiger partial charge in [0.15, 0.2) is 0 Å². The predicted octanol–water partition coefficient (Wildman–Crippen LogP) is 4.87. The first-order chi connectivity index (χ1) is 10.5. The molecule has 0 N–H and O–H groups in total. The van der Waals surface area contributed by atoms with E-state index < -0.39 is 8.07 Å². The van der Waals surface area contributed by atoms with Crippen molar-refractivity contribution in [3.8, 4) is 11.5 Å². The molecule has 0 amide bonds. The molecule has 0 radical (unpaired) electrons. The molecule has 2 rings (SSSR count). The summed E-state index contributed by atoms with van der Waals surface area (Å²) in [5, 5.41) is 0. The molecule has 2 heteroatoms. The quantitative estimate of drug-likeness (QED) is 0.436. The van der Waals surface area contributed by atoms with Gasteiger partial charge < -0.3 is 0 Å². The highest BCUT2D eigenvalue weighted by Gasteiger charge is 2.23. The molecule has 1 aliphatic carbocycles. The Labute approximate surface area is 137 Å². The lowest BCUT2D eigenvalue weighted by atomic mass is 9.89. The van der Waals surface area contributed by atoms with Crippen molar-refractivity contribution in [3.63, 3.8) is 0 Å². The van der Waals surface area contributed by atoms with Gasteiger partial charge in [-0.2, -0.15) is 0 Å². The highest BCUT2D eigenvalue weighted by atomic mass is 28.3. The fraction of sp³-hybridized carbons (Fsp3) is 0.500. The van der Waals surface area contributed by atoms with Crippen LogP contribution >= 0.6 is 0 Å². The second-order valence-electron chi connectivity index (χ2n) is 7.36. The van der Waals surface area contributed by atoms with Crippen LogP contribution < -0.4 is 0 Å². The van der Waals surface area contributed by atoms with Gasteiger partial charge in [-0.05, 0) is 24.8 Å². The minimum absolute atomic E-state index is 0.505. The number of hydrogen-bond donors (Lipinski definition) is 0. The molecule has 0 aromatic heterocycles. The lowest BCUT2D eigenvalue weighted by molar-refractivity contribution is 0.210. The van der Waals surface area contributed by atoms with E-state index in [4.69, 9.17) is 0 Å². The van der Waals surface area contributed by atoms with Crippen LogP contribution in [-0.2, 0) is 6.54 Å². The van der Waals surface area contributed by atoms with E-state index in [2.05, 4.69) is 72.9 Å². The maximum Gasteiger partial charge on any atom is 0.129 e. The maximum absolute atomic E-state index is 4.33. The molecule has 22 heavy (non-hydrogen) atoms. The lowest BCUT2D eigenvalue weighted by Gasteiger charge is -2.35. The Balaban J connectivity index is 2.12. The molecule has 1 fully saturated rings. The van der Waals surface area contributed by atoms with Crippen LogP contribution in [-0.4, -0.2) is 25.6 Å². The smallest absolute Gasteiger partial charge is 0.129 e. The van der Waals surface area contributed by atoms with Gasteiger partial charge >= 0.3 is 0 Å². The molecule has 1 saturated carbocycles. The summed E-state index contributed by atoms with van der Waals surface area (Å²) in [6.45, 7) is 13.1. The predicted molar refractivity (Wildman–Crippen MR) is 99.4 cm³/mol. The summed E-state index contributed by atoms with van der Waals surface area (Å²) < 4.78 is 0. The summed E-state index contributed by atoms with van der Waals surface area (Å²) in [5.74, 6) is 3.46. The topological polar surface area (TPSA) is 3.24 Å². The van der Waals surface area contributed by atoms with Crippen LogP contribution in [0.2, 0.25) is 19.6 Å². The largest absolute Gasteiger partial charge is 0.281 e. The van der Waals surface area contributed by atoms with E-state index in [1.54, 1.807) is 0 Å². The molecule has 0 spiro atoms. The van der Waals surface area contributed by atoms with Gasteiger partial charge in [-0.15, -0.1) is 5.54 Å². The summed E-state index contributed by atoms with van der Waals surface area (Å²) in [5.41, 5.74) is 6.28. The molecule has 1 aromatic carbocycles. The van der Waals surface area contributed by atoms with E-state index in [1.165, 1.54) is 36.8 Å². The van der Waals surface area contributed by atoms with Crippen molar-refractivity contribution in [1.82, 2.24) is 4.90 Å². The summed E-state index contributed by atoms with van der Waals surface area (Å²) in [6, 6.07) is 11.3. The van der Waals surface area contributed by atoms with Crippen LogP contribution in [0.1, 0.15) is 31.2 Å². The standard InChI is InChI=1S/C20H29NSi/c1-18-11-8-9-14-20(18)21(15-10-16-22(2,3)4)17-19-12-6-5-7-13-19/h5-7,12-13,20H,1,8-9,11,14-15,17H2,2-4H3. The zero-order chi connectivity index (χ0) is 16.0. The fourth-order valence-electron chi connectivity index (χ4n) is 3.00. The Morgan fingerprint density at radius 2 is 1.91 bits per heavy atom. The van der Waals surface area contributed by atoms with Crippen molar-refractivity contribution in [2.45, 2.75) is 57.9 Å². The molecule has 118 valence electrons. The highest BCUT2D eigenvalue weighted by Crippen LogP contribution is 2.27. The monoisotopic (exact) mass is 311 g/mol. The lowest BCUT2D eigenvalue weighted by Crippen LogP contribution is -2.38. The third-order valence-corrected chi connectivity index (χ3v) is 5.04. The van der Waals surface area contributed by atoms with Crippen LogP contribution in [0.5, 0.6) is 0 Å². The highest BCUT2D eigenvalue weighted by molar-refractivity contribution is 6.83. The van der Waals surface area contributed by atoms with Gasteiger partial charge in [-0.1, -0.05) is 74.5 Å². The van der Waals surface area contributed by atoms with Crippen molar-refractivity contribution in [2.24, 2.45) is 0 Å². The van der Waals surface area contributed by atoms with E-state index in [-0.39, 0.29) is 0 Å². The van der Waals surface area contributed by atoms with Gasteiger partial charge in [0, 0.05) is 12.6 Å². The van der Waals surface area contributed by atoms with Gasteiger partial charge in [0.25, 0.3) is 0 Å². The molecule has 1 unspecified atom stereocenters. The molecular weight excluding hydrogens is 282 g/mol. The van der Waals surface area contributed by atoms with Gasteiger partial charge in [0.1, 0.15) is 8.07 Å². The first-order valence-electron chi connectivity index (χ1n) is 8.41. The van der Waals surface area contributed by atoms with Crippen LogP contribution in [0.25, 0.3) is 0 Å². The van der Waals surface area contributed by atoms with Crippen LogP contribution in [0.15, 0.2) is 42.5 Å². The normalized spacial score (nSPS) is 18.9. The Hall–Kier alpha value is -1.30. The Bertz CT molecular complexity index is 545. The summed E-state index contributed by atoms with van der Waals surface area (Å²) >= 11 is 0. The molecular formula is C20H29NSi. The molecule has 0 saturated heterocycles. The van der Waals surface area contributed by atoms with E-state index in [0.717, 1.165) is 13.1 Å². The second-order valence-corrected chi connectivity index (χ2v) is 12.1. The number of nitrogens with zero attached hydrogens (tertiary/aromatic N) is 1. The minimum atomic E-state index is -1.29. The number of hydrogen-bond acceptors (Lipinski definition) is 1. The third-order valence-electron chi connectivity index (χ3n) is 4.11. The van der Waals surface area contributed by atoms with Gasteiger partial charge in [0.2, 0.25) is 0 Å². The zero-order valence-electron chi connectivity index (χ0n) is 14.4. The fourth-order valence-corrected chi connectivity index (χ4v) is 3.61. The SMILES string of the molecule is C=C1CCCCC1N(CC#C[Si](C)(C)C)Cc1ccccc1. The zero-order valence-corrected chi connectivity index (χ0v) is 15.4. The molecule has 1 aliphatic rings. The van der Waals surface area contributed by atoms with E-state index in [1.807, 2.05) is 0 Å². The Morgan fingerprint density at radius 3 is 2.55 bits per heavy atom. The minimum Gasteiger partial charge on any atom is -0.281 e. The first-order valence-corrected chi connectivity index (χ1v) is 11.9. The maximum atomic E-state index is 4.33. The average molecular weight is 312 g/mol. The van der Waals surface area contributed by atoms with Gasteiger partial charge in [0.05, 0.1) is 6.54 Å². The van der Waals surface area contributed by atoms with E-state index >= 15 is 0 Å². The van der Waals surface area contributed by atoms with E-state index in [0.29, 0.717) is 6.04 Å². The van der Waals surface area contributed by atoms with Crippen molar-refractivity contribution in [2.75, 3.05) is 6.54 Å². The van der Waals surface area contributed by atoms with Crippen molar-refractivity contribution in [3.05, 3.63) is 48.0 Å². The van der Waals surface area contributed by atoms with Crippen LogP contribution in [0.4, 0.5) is 0 Å². The van der Waals surface area contributed by atoms with E-state index in [9.17, 15) is 0 Å². The summed E-state index contributed by atoms with van der Waals surface area (Å²) in [4.78, 5) is 2.53. The first kappa shape index (κ1) is 17.1. The average Bonchev–Trinajstić information content (AvgIpc) is 2.47. The molecule has 1 nitrogen and oxygen atoms in total. The molecule has 0 heterocycles. The summed E-state index contributed by atoms with van der Waals surface area (Å²) in [7, 11) is -1.29. The van der Waals surface area contributed by atoms with Crippen LogP contribution in [0.3, 0.4) is 0 Å². The Morgan fingerprint density at radius 1 is 1.18 bits per heavy atom. The molecule has 1 aromatic rings. The Kier molecular flexibility index (Phi) is 6.05. The molecule has 0 bridgehead atoms. The van der Waals surface area contributed by atoms with Gasteiger partial charge in [-0.25, -0.2) is 0 Å². The van der Waals surface area contributed by atoms with Gasteiger partial charge in [-0.3, -0.25) is 4.90 Å². The van der Waals surface area contributed by atoms with Crippen molar-refractivity contribution < 1.29 is 0 Å². The van der Waals surface area contributed by atoms with Crippen molar-refractivity contribution in [1.29, 1.82) is 0 Å². The molecule has 1 atom stereocenters. The molecule has 0 aliphatic heterocycles. The van der Waals surface area contributed by atoms with Crippen LogP contribution in [0, 0.1) is 11.5 Å². The summed E-state index contributed by atoms with van der Waals surface area (Å²) in [6.07, 6.45) is 5.03. The second kappa shape index (κ2) is 7.81. The number of benzene rings is 1. The van der Waals surface area contributed by atoms with Crippen molar-refractivity contribution >= 4 is 8.07 Å². The third kappa shape index (κ3) is 5.48. The number of rotatable bonds is 4.